The first-order valence-electron chi connectivity index (χ1n) is 10.6. The predicted octanol–water partition coefficient (Wildman–Crippen LogP) is 2.92. The van der Waals surface area contributed by atoms with Gasteiger partial charge >= 0.3 is 6.09 Å². The standard InChI is InChI=1S/C22H35N5O3.HI/c1-22(2,3)30-21(28)27-14-17(15-27)25-20(23-4)24-12-16-10-11-26(13-16)18-8-6-7-9-19(18)29-5;/h6-9,16-17H,10-15H2,1-5H3,(H2,23,24,25);1H. The van der Waals surface area contributed by atoms with Crippen LogP contribution in [0.2, 0.25) is 0 Å². The predicted molar refractivity (Wildman–Crippen MR) is 135 cm³/mol. The molecule has 1 aromatic rings. The highest BCUT2D eigenvalue weighted by Gasteiger charge is 2.34. The maximum Gasteiger partial charge on any atom is 0.410 e. The molecular weight excluding hydrogens is 509 g/mol. The van der Waals surface area contributed by atoms with Crippen molar-refractivity contribution >= 4 is 41.7 Å². The molecule has 1 atom stereocenters. The van der Waals surface area contributed by atoms with E-state index in [4.69, 9.17) is 9.47 Å². The molecule has 2 fully saturated rings. The highest BCUT2D eigenvalue weighted by Crippen LogP contribution is 2.31. The van der Waals surface area contributed by atoms with Gasteiger partial charge in [-0.2, -0.15) is 0 Å². The van der Waals surface area contributed by atoms with Crippen molar-refractivity contribution < 1.29 is 14.3 Å². The monoisotopic (exact) mass is 545 g/mol. The number of nitrogens with one attached hydrogen (secondary N) is 2. The summed E-state index contributed by atoms with van der Waals surface area (Å²) in [5, 5.41) is 6.83. The number of hydrogen-bond donors (Lipinski definition) is 2. The highest BCUT2D eigenvalue weighted by molar-refractivity contribution is 14.0. The second-order valence-electron chi connectivity index (χ2n) is 8.95. The fourth-order valence-electron chi connectivity index (χ4n) is 3.78. The Balaban J connectivity index is 0.00000341. The first-order chi connectivity index (χ1) is 14.3. The minimum atomic E-state index is -0.466. The van der Waals surface area contributed by atoms with Crippen LogP contribution in [0.5, 0.6) is 5.75 Å². The van der Waals surface area contributed by atoms with E-state index < -0.39 is 5.60 Å². The van der Waals surface area contributed by atoms with Gasteiger partial charge in [-0.1, -0.05) is 12.1 Å². The number of para-hydroxylation sites is 2. The van der Waals surface area contributed by atoms with E-state index >= 15 is 0 Å². The van der Waals surface area contributed by atoms with Gasteiger partial charge in [-0.15, -0.1) is 24.0 Å². The molecule has 0 saturated carbocycles. The van der Waals surface area contributed by atoms with Crippen LogP contribution in [0, 0.1) is 5.92 Å². The fourth-order valence-corrected chi connectivity index (χ4v) is 3.78. The second-order valence-corrected chi connectivity index (χ2v) is 8.95. The summed E-state index contributed by atoms with van der Waals surface area (Å²) in [5.74, 6) is 2.23. The maximum atomic E-state index is 12.1. The molecule has 8 nitrogen and oxygen atoms in total. The highest BCUT2D eigenvalue weighted by atomic mass is 127. The molecule has 0 aromatic heterocycles. The second kappa shape index (κ2) is 11.1. The quantitative estimate of drug-likeness (QED) is 0.337. The van der Waals surface area contributed by atoms with Crippen molar-refractivity contribution in [1.82, 2.24) is 15.5 Å². The molecule has 0 spiro atoms. The third-order valence-electron chi connectivity index (χ3n) is 5.37. The smallest absolute Gasteiger partial charge is 0.410 e. The zero-order valence-electron chi connectivity index (χ0n) is 19.2. The van der Waals surface area contributed by atoms with Crippen LogP contribution in [0.3, 0.4) is 0 Å². The van der Waals surface area contributed by atoms with Gasteiger partial charge in [0.05, 0.1) is 18.8 Å². The van der Waals surface area contributed by atoms with Crippen LogP contribution in [0.25, 0.3) is 0 Å². The van der Waals surface area contributed by atoms with Gasteiger partial charge in [0.2, 0.25) is 0 Å². The SMILES string of the molecule is CN=C(NCC1CCN(c2ccccc2OC)C1)NC1CN(C(=O)OC(C)(C)C)C1.I. The molecule has 2 aliphatic heterocycles. The number of aliphatic imine (C=N–C) groups is 1. The van der Waals surface area contributed by atoms with E-state index in [1.807, 2.05) is 39.0 Å². The molecule has 3 rings (SSSR count). The van der Waals surface area contributed by atoms with Gasteiger partial charge in [-0.25, -0.2) is 4.79 Å². The zero-order chi connectivity index (χ0) is 21.7. The van der Waals surface area contributed by atoms with Crippen LogP contribution >= 0.6 is 24.0 Å². The molecule has 1 aromatic carbocycles. The van der Waals surface area contributed by atoms with Crippen molar-refractivity contribution in [1.29, 1.82) is 0 Å². The number of hydrogen-bond acceptors (Lipinski definition) is 5. The number of anilines is 1. The van der Waals surface area contributed by atoms with Gasteiger partial charge in [0, 0.05) is 39.8 Å². The summed E-state index contributed by atoms with van der Waals surface area (Å²) in [4.78, 5) is 20.5. The minimum Gasteiger partial charge on any atom is -0.495 e. The van der Waals surface area contributed by atoms with Crippen molar-refractivity contribution in [2.45, 2.75) is 38.8 Å². The average Bonchev–Trinajstić information content (AvgIpc) is 3.13. The first-order valence-corrected chi connectivity index (χ1v) is 10.6. The number of amides is 1. The molecule has 2 heterocycles. The van der Waals surface area contributed by atoms with E-state index in [2.05, 4.69) is 26.6 Å². The fraction of sp³-hybridized carbons (Fsp3) is 0.636. The van der Waals surface area contributed by atoms with Crippen LogP contribution < -0.4 is 20.3 Å². The van der Waals surface area contributed by atoms with Crippen LogP contribution in [0.1, 0.15) is 27.2 Å². The Morgan fingerprint density at radius 2 is 1.94 bits per heavy atom. The van der Waals surface area contributed by atoms with Crippen molar-refractivity contribution in [3.8, 4) is 5.75 Å². The van der Waals surface area contributed by atoms with E-state index in [0.29, 0.717) is 19.0 Å². The van der Waals surface area contributed by atoms with Crippen LogP contribution in [0.4, 0.5) is 10.5 Å². The summed E-state index contributed by atoms with van der Waals surface area (Å²) in [7, 11) is 3.49. The van der Waals surface area contributed by atoms with E-state index in [1.54, 1.807) is 19.1 Å². The van der Waals surface area contributed by atoms with Crippen LogP contribution in [-0.2, 0) is 4.74 Å². The van der Waals surface area contributed by atoms with E-state index in [9.17, 15) is 4.79 Å². The number of rotatable bonds is 5. The van der Waals surface area contributed by atoms with E-state index in [-0.39, 0.29) is 36.1 Å². The molecule has 0 aliphatic carbocycles. The number of methoxy groups -OCH3 is 1. The Kier molecular flexibility index (Phi) is 9.08. The summed E-state index contributed by atoms with van der Waals surface area (Å²) in [6.07, 6.45) is 0.864. The van der Waals surface area contributed by atoms with Gasteiger partial charge < -0.3 is 29.9 Å². The lowest BCUT2D eigenvalue weighted by molar-refractivity contribution is 0.00701. The Bertz CT molecular complexity index is 762. The Labute approximate surface area is 202 Å². The van der Waals surface area contributed by atoms with Crippen molar-refractivity contribution in [3.05, 3.63) is 24.3 Å². The first kappa shape index (κ1) is 25.4. The van der Waals surface area contributed by atoms with Gasteiger partial charge in [-0.3, -0.25) is 4.99 Å². The third kappa shape index (κ3) is 7.05. The Morgan fingerprint density at radius 1 is 1.23 bits per heavy atom. The summed E-state index contributed by atoms with van der Waals surface area (Å²) >= 11 is 0. The summed E-state index contributed by atoms with van der Waals surface area (Å²) in [5.41, 5.74) is 0.688. The number of guanidine groups is 1. The number of nitrogens with zero attached hydrogens (tertiary/aromatic N) is 3. The molecule has 31 heavy (non-hydrogen) atoms. The molecular formula is C22H36IN5O3. The number of ether oxygens (including phenoxy) is 2. The molecule has 174 valence electrons. The minimum absolute atomic E-state index is 0. The molecule has 2 aliphatic rings. The largest absolute Gasteiger partial charge is 0.495 e. The third-order valence-corrected chi connectivity index (χ3v) is 5.37. The van der Waals surface area contributed by atoms with Crippen LogP contribution in [0.15, 0.2) is 29.3 Å². The van der Waals surface area contributed by atoms with Crippen molar-refractivity contribution in [3.63, 3.8) is 0 Å². The molecule has 0 bridgehead atoms. The number of halogens is 1. The topological polar surface area (TPSA) is 78.4 Å². The zero-order valence-corrected chi connectivity index (χ0v) is 21.5. The number of carbonyl (C=O) groups is 1. The van der Waals surface area contributed by atoms with Crippen molar-refractivity contribution in [2.24, 2.45) is 10.9 Å². The summed E-state index contributed by atoms with van der Waals surface area (Å²) < 4.78 is 10.9. The van der Waals surface area contributed by atoms with E-state index in [0.717, 1.165) is 43.5 Å². The molecule has 1 unspecified atom stereocenters. The number of carbonyl (C=O) groups excluding carboxylic acids is 1. The maximum absolute atomic E-state index is 12.1. The molecule has 0 radical (unpaired) electrons. The Hall–Kier alpha value is -1.91. The van der Waals surface area contributed by atoms with Crippen molar-refractivity contribution in [2.75, 3.05) is 51.8 Å². The molecule has 2 saturated heterocycles. The lowest BCUT2D eigenvalue weighted by Gasteiger charge is -2.40. The number of likely N-dealkylation sites (tertiary alicyclic amines) is 1. The average molecular weight is 545 g/mol. The lowest BCUT2D eigenvalue weighted by atomic mass is 10.1. The number of benzene rings is 1. The summed E-state index contributed by atoms with van der Waals surface area (Å²) in [6, 6.07) is 8.36. The van der Waals surface area contributed by atoms with Gasteiger partial charge in [0.15, 0.2) is 5.96 Å². The van der Waals surface area contributed by atoms with Gasteiger partial charge in [-0.05, 0) is 45.2 Å². The molecule has 1 amide bonds. The molecule has 2 N–H and O–H groups in total. The van der Waals surface area contributed by atoms with Gasteiger partial charge in [0.1, 0.15) is 11.4 Å². The molecule has 9 heteroatoms. The van der Waals surface area contributed by atoms with E-state index in [1.165, 1.54) is 0 Å². The van der Waals surface area contributed by atoms with Gasteiger partial charge in [0.25, 0.3) is 0 Å². The van der Waals surface area contributed by atoms with Crippen LogP contribution in [-0.4, -0.2) is 75.5 Å². The Morgan fingerprint density at radius 3 is 2.58 bits per heavy atom. The summed E-state index contributed by atoms with van der Waals surface area (Å²) in [6.45, 7) is 9.75. The lowest BCUT2D eigenvalue weighted by Crippen LogP contribution is -2.63. The normalized spacial score (nSPS) is 19.4.